The van der Waals surface area contributed by atoms with Gasteiger partial charge in [0.05, 0.1) is 0 Å². The first-order valence-electron chi connectivity index (χ1n) is 4.81. The van der Waals surface area contributed by atoms with E-state index in [1.807, 2.05) is 35.7 Å². The van der Waals surface area contributed by atoms with Crippen LogP contribution in [0.1, 0.15) is 0 Å². The van der Waals surface area contributed by atoms with Crippen molar-refractivity contribution in [2.75, 3.05) is 0 Å². The van der Waals surface area contributed by atoms with Crippen LogP contribution in [0.2, 0.25) is 0 Å². The van der Waals surface area contributed by atoms with Gasteiger partial charge in [-0.25, -0.2) is 9.97 Å². The molecule has 0 bridgehead atoms. The molecular weight excluding hydrogens is 220 g/mol. The van der Waals surface area contributed by atoms with E-state index in [-0.39, 0.29) is 0 Å². The summed E-state index contributed by atoms with van der Waals surface area (Å²) in [6, 6.07) is 9.87. The minimum absolute atomic E-state index is 0.700. The number of nitrogens with zero attached hydrogens (tertiary/aromatic N) is 3. The maximum atomic E-state index is 4.40. The van der Waals surface area contributed by atoms with Crippen LogP contribution in [0.4, 0.5) is 0 Å². The van der Waals surface area contributed by atoms with Crippen molar-refractivity contribution in [1.82, 2.24) is 20.2 Å². The Labute approximate surface area is 96.0 Å². The average Bonchev–Trinajstić information content (AvgIpc) is 3.01. The summed E-state index contributed by atoms with van der Waals surface area (Å²) in [7, 11) is 0. The Morgan fingerprint density at radius 3 is 2.75 bits per heavy atom. The number of benzene rings is 1. The van der Waals surface area contributed by atoms with E-state index in [1.165, 1.54) is 11.3 Å². The molecule has 0 amide bonds. The second-order valence-electron chi connectivity index (χ2n) is 3.21. The Bertz CT molecular complexity index is 571. The summed E-state index contributed by atoms with van der Waals surface area (Å²) >= 11 is 1.54. The lowest BCUT2D eigenvalue weighted by Crippen LogP contribution is -1.79. The summed E-state index contributed by atoms with van der Waals surface area (Å²) in [5, 5.41) is 9.84. The first-order valence-corrected chi connectivity index (χ1v) is 5.69. The molecule has 0 aliphatic heterocycles. The van der Waals surface area contributed by atoms with Gasteiger partial charge in [0.1, 0.15) is 0 Å². The summed E-state index contributed by atoms with van der Waals surface area (Å²) in [5.74, 6) is 1.42. The van der Waals surface area contributed by atoms with Gasteiger partial charge in [-0.15, -0.1) is 11.3 Å². The predicted octanol–water partition coefficient (Wildman–Crippen LogP) is 2.60. The van der Waals surface area contributed by atoms with Crippen molar-refractivity contribution in [3.05, 3.63) is 41.9 Å². The Hall–Kier alpha value is -2.01. The molecule has 1 N–H and O–H groups in total. The predicted molar refractivity (Wildman–Crippen MR) is 62.9 cm³/mol. The van der Waals surface area contributed by atoms with Gasteiger partial charge in [0.25, 0.3) is 0 Å². The van der Waals surface area contributed by atoms with E-state index in [0.29, 0.717) is 11.6 Å². The lowest BCUT2D eigenvalue weighted by Gasteiger charge is -1.91. The van der Waals surface area contributed by atoms with E-state index in [9.17, 15) is 0 Å². The first kappa shape index (κ1) is 9.23. The average molecular weight is 228 g/mol. The zero-order valence-corrected chi connectivity index (χ0v) is 9.11. The second-order valence-corrected chi connectivity index (χ2v) is 4.11. The smallest absolute Gasteiger partial charge is 0.185 e. The van der Waals surface area contributed by atoms with Gasteiger partial charge in [0, 0.05) is 17.1 Å². The Morgan fingerprint density at radius 2 is 2.00 bits per heavy atom. The minimum Gasteiger partial charge on any atom is -0.257 e. The molecule has 3 rings (SSSR count). The Kier molecular flexibility index (Phi) is 2.23. The molecule has 0 spiro atoms. The molecule has 0 unspecified atom stereocenters. The second kappa shape index (κ2) is 3.86. The van der Waals surface area contributed by atoms with Gasteiger partial charge in [-0.05, 0) is 0 Å². The summed E-state index contributed by atoms with van der Waals surface area (Å²) < 4.78 is 0. The molecule has 78 valence electrons. The SMILES string of the molecule is c1ccc(-c2n[nH]c(-c3nccs3)n2)cc1. The molecule has 0 fully saturated rings. The number of thiazole rings is 1. The molecule has 0 aliphatic rings. The molecule has 0 saturated carbocycles. The van der Waals surface area contributed by atoms with Gasteiger partial charge < -0.3 is 0 Å². The number of hydrogen-bond acceptors (Lipinski definition) is 4. The Balaban J connectivity index is 2.00. The molecule has 0 radical (unpaired) electrons. The van der Waals surface area contributed by atoms with Crippen LogP contribution < -0.4 is 0 Å². The van der Waals surface area contributed by atoms with Crippen molar-refractivity contribution < 1.29 is 0 Å². The van der Waals surface area contributed by atoms with Crippen LogP contribution in [0, 0.1) is 0 Å². The number of H-pyrrole nitrogens is 1. The van der Waals surface area contributed by atoms with E-state index in [2.05, 4.69) is 20.2 Å². The maximum absolute atomic E-state index is 4.40. The third-order valence-electron chi connectivity index (χ3n) is 2.15. The quantitative estimate of drug-likeness (QED) is 0.733. The van der Waals surface area contributed by atoms with Gasteiger partial charge in [-0.1, -0.05) is 30.3 Å². The number of aromatic amines is 1. The highest BCUT2D eigenvalue weighted by Gasteiger charge is 2.08. The van der Waals surface area contributed by atoms with Crippen molar-refractivity contribution in [3.63, 3.8) is 0 Å². The summed E-state index contributed by atoms with van der Waals surface area (Å²) in [4.78, 5) is 8.58. The van der Waals surface area contributed by atoms with E-state index in [4.69, 9.17) is 0 Å². The largest absolute Gasteiger partial charge is 0.257 e. The molecular formula is C11H8N4S. The van der Waals surface area contributed by atoms with Gasteiger partial charge in [0.2, 0.25) is 0 Å². The zero-order valence-electron chi connectivity index (χ0n) is 8.29. The molecule has 2 heterocycles. The van der Waals surface area contributed by atoms with Gasteiger partial charge >= 0.3 is 0 Å². The third kappa shape index (κ3) is 1.61. The van der Waals surface area contributed by atoms with Crippen LogP contribution in [-0.4, -0.2) is 20.2 Å². The van der Waals surface area contributed by atoms with Crippen molar-refractivity contribution in [2.45, 2.75) is 0 Å². The molecule has 2 aromatic heterocycles. The van der Waals surface area contributed by atoms with Crippen molar-refractivity contribution in [3.8, 4) is 22.2 Å². The van der Waals surface area contributed by atoms with Crippen LogP contribution in [-0.2, 0) is 0 Å². The fourth-order valence-corrected chi connectivity index (χ4v) is 1.99. The molecule has 0 saturated heterocycles. The Morgan fingerprint density at radius 1 is 1.12 bits per heavy atom. The fourth-order valence-electron chi connectivity index (χ4n) is 1.41. The molecule has 0 atom stereocenters. The first-order chi connectivity index (χ1) is 7.93. The summed E-state index contributed by atoms with van der Waals surface area (Å²) in [6.07, 6.45) is 1.75. The number of aromatic nitrogens is 4. The van der Waals surface area contributed by atoms with Gasteiger partial charge in [-0.3, -0.25) is 5.10 Å². The molecule has 1 aromatic carbocycles. The van der Waals surface area contributed by atoms with Crippen LogP contribution >= 0.6 is 11.3 Å². The van der Waals surface area contributed by atoms with Crippen LogP contribution in [0.15, 0.2) is 41.9 Å². The molecule has 4 nitrogen and oxygen atoms in total. The van der Waals surface area contributed by atoms with E-state index < -0.39 is 0 Å². The monoisotopic (exact) mass is 228 g/mol. The number of hydrogen-bond donors (Lipinski definition) is 1. The highest BCUT2D eigenvalue weighted by molar-refractivity contribution is 7.12. The van der Waals surface area contributed by atoms with E-state index in [0.717, 1.165) is 10.6 Å². The van der Waals surface area contributed by atoms with Crippen molar-refractivity contribution in [1.29, 1.82) is 0 Å². The number of nitrogens with one attached hydrogen (secondary N) is 1. The number of rotatable bonds is 2. The molecule has 3 aromatic rings. The maximum Gasteiger partial charge on any atom is 0.185 e. The van der Waals surface area contributed by atoms with E-state index >= 15 is 0 Å². The van der Waals surface area contributed by atoms with E-state index in [1.54, 1.807) is 6.20 Å². The molecule has 5 heteroatoms. The fraction of sp³-hybridized carbons (Fsp3) is 0. The summed E-state index contributed by atoms with van der Waals surface area (Å²) in [5.41, 5.74) is 1.00. The lowest BCUT2D eigenvalue weighted by atomic mass is 10.2. The van der Waals surface area contributed by atoms with Crippen LogP contribution in [0.3, 0.4) is 0 Å². The van der Waals surface area contributed by atoms with Gasteiger partial charge in [-0.2, -0.15) is 5.10 Å². The van der Waals surface area contributed by atoms with Crippen LogP contribution in [0.5, 0.6) is 0 Å². The lowest BCUT2D eigenvalue weighted by molar-refractivity contribution is 1.10. The van der Waals surface area contributed by atoms with Crippen LogP contribution in [0.25, 0.3) is 22.2 Å². The highest BCUT2D eigenvalue weighted by atomic mass is 32.1. The molecule has 16 heavy (non-hydrogen) atoms. The third-order valence-corrected chi connectivity index (χ3v) is 2.93. The van der Waals surface area contributed by atoms with Gasteiger partial charge in [0.15, 0.2) is 16.7 Å². The van der Waals surface area contributed by atoms with Crippen molar-refractivity contribution in [2.24, 2.45) is 0 Å². The normalized spacial score (nSPS) is 10.5. The summed E-state index contributed by atoms with van der Waals surface area (Å²) in [6.45, 7) is 0. The standard InChI is InChI=1S/C11H8N4S/c1-2-4-8(5-3-1)9-13-10(15-14-9)11-12-6-7-16-11/h1-7H,(H,13,14,15). The highest BCUT2D eigenvalue weighted by Crippen LogP contribution is 2.20. The minimum atomic E-state index is 0.700. The van der Waals surface area contributed by atoms with Crippen molar-refractivity contribution >= 4 is 11.3 Å². The topological polar surface area (TPSA) is 54.5 Å². The molecule has 0 aliphatic carbocycles. The zero-order chi connectivity index (χ0) is 10.8.